The number of hydrogen-bond acceptors (Lipinski definition) is 6. The molecule has 0 aliphatic carbocycles. The van der Waals surface area contributed by atoms with E-state index in [-0.39, 0.29) is 13.1 Å². The van der Waals surface area contributed by atoms with Gasteiger partial charge in [-0.1, -0.05) is 29.5 Å². The normalized spacial score (nSPS) is 11.8. The van der Waals surface area contributed by atoms with Gasteiger partial charge in [0.25, 0.3) is 0 Å². The molecule has 4 rings (SSSR count). The van der Waals surface area contributed by atoms with Gasteiger partial charge in [-0.05, 0) is 42.0 Å². The van der Waals surface area contributed by atoms with Crippen molar-refractivity contribution < 1.29 is 18.7 Å². The molecule has 10 heteroatoms. The van der Waals surface area contributed by atoms with Crippen molar-refractivity contribution in [3.63, 3.8) is 0 Å². The summed E-state index contributed by atoms with van der Waals surface area (Å²) in [6, 6.07) is 15.0. The summed E-state index contributed by atoms with van der Waals surface area (Å²) in [6.45, 7) is 0.377. The highest BCUT2D eigenvalue weighted by Gasteiger charge is 2.33. The van der Waals surface area contributed by atoms with Crippen LogP contribution in [0.25, 0.3) is 11.0 Å². The van der Waals surface area contributed by atoms with Gasteiger partial charge in [-0.3, -0.25) is 19.5 Å². The number of pyridine rings is 1. The molecule has 2 amide bonds. The van der Waals surface area contributed by atoms with Crippen molar-refractivity contribution in [2.45, 2.75) is 12.6 Å². The number of anilines is 1. The highest BCUT2D eigenvalue weighted by Crippen LogP contribution is 2.28. The second kappa shape index (κ2) is 10.6. The standard InChI is InChI=1S/C24H23FN6O3/c1-34-14-13-27-24(33)23(17-8-10-18(25)11-9-17)31(19-5-4-12-26-15-19)22(32)16-30-21-7-3-2-6-20(21)28-29-30/h2-12,15,23H,13-14,16H2,1H3,(H,27,33)/t23-/m1/s1. The molecular formula is C24H23FN6O3. The maximum Gasteiger partial charge on any atom is 0.249 e. The highest BCUT2D eigenvalue weighted by atomic mass is 19.1. The Morgan fingerprint density at radius 3 is 2.65 bits per heavy atom. The zero-order valence-corrected chi connectivity index (χ0v) is 18.5. The van der Waals surface area contributed by atoms with Crippen LogP contribution in [-0.2, 0) is 20.9 Å². The second-order valence-electron chi connectivity index (χ2n) is 7.45. The summed E-state index contributed by atoms with van der Waals surface area (Å²) in [5, 5.41) is 11.0. The third kappa shape index (κ3) is 5.07. The van der Waals surface area contributed by atoms with Crippen molar-refractivity contribution in [1.82, 2.24) is 25.3 Å². The van der Waals surface area contributed by atoms with E-state index in [4.69, 9.17) is 4.74 Å². The molecule has 4 aromatic rings. The topological polar surface area (TPSA) is 102 Å². The smallest absolute Gasteiger partial charge is 0.249 e. The summed E-state index contributed by atoms with van der Waals surface area (Å²) >= 11 is 0. The van der Waals surface area contributed by atoms with Crippen LogP contribution < -0.4 is 10.2 Å². The van der Waals surface area contributed by atoms with Gasteiger partial charge in [0.05, 0.1) is 24.0 Å². The van der Waals surface area contributed by atoms with E-state index in [9.17, 15) is 14.0 Å². The molecule has 0 radical (unpaired) electrons. The van der Waals surface area contributed by atoms with Crippen LogP contribution in [0.5, 0.6) is 0 Å². The van der Waals surface area contributed by atoms with Gasteiger partial charge in [0.2, 0.25) is 11.8 Å². The summed E-state index contributed by atoms with van der Waals surface area (Å²) in [5.41, 5.74) is 2.19. The quantitative estimate of drug-likeness (QED) is 0.384. The first kappa shape index (κ1) is 23.0. The highest BCUT2D eigenvalue weighted by molar-refractivity contribution is 6.01. The Morgan fingerprint density at radius 1 is 1.12 bits per heavy atom. The fourth-order valence-corrected chi connectivity index (χ4v) is 3.61. The van der Waals surface area contributed by atoms with Gasteiger partial charge in [0, 0.05) is 19.9 Å². The average Bonchev–Trinajstić information content (AvgIpc) is 3.26. The second-order valence-corrected chi connectivity index (χ2v) is 7.45. The largest absolute Gasteiger partial charge is 0.383 e. The van der Waals surface area contributed by atoms with Crippen LogP contribution >= 0.6 is 0 Å². The number of ether oxygens (including phenoxy) is 1. The fraction of sp³-hybridized carbons (Fsp3) is 0.208. The summed E-state index contributed by atoms with van der Waals surface area (Å²) < 4.78 is 20.2. The Bertz CT molecular complexity index is 1260. The van der Waals surface area contributed by atoms with Gasteiger partial charge in [0.1, 0.15) is 23.9 Å². The first-order valence-electron chi connectivity index (χ1n) is 10.6. The Hall–Kier alpha value is -4.18. The Balaban J connectivity index is 1.75. The molecule has 2 aromatic heterocycles. The lowest BCUT2D eigenvalue weighted by molar-refractivity contribution is -0.127. The van der Waals surface area contributed by atoms with Crippen molar-refractivity contribution in [2.24, 2.45) is 0 Å². The van der Waals surface area contributed by atoms with Crippen molar-refractivity contribution in [1.29, 1.82) is 0 Å². The van der Waals surface area contributed by atoms with Gasteiger partial charge in [-0.15, -0.1) is 5.10 Å². The van der Waals surface area contributed by atoms with Crippen molar-refractivity contribution >= 4 is 28.5 Å². The molecule has 9 nitrogen and oxygen atoms in total. The van der Waals surface area contributed by atoms with Gasteiger partial charge >= 0.3 is 0 Å². The van der Waals surface area contributed by atoms with Gasteiger partial charge in [-0.25, -0.2) is 9.07 Å². The van der Waals surface area contributed by atoms with E-state index in [1.165, 1.54) is 47.2 Å². The molecule has 1 N–H and O–H groups in total. The van der Waals surface area contributed by atoms with E-state index in [0.717, 1.165) is 0 Å². The predicted molar refractivity (Wildman–Crippen MR) is 123 cm³/mol. The van der Waals surface area contributed by atoms with E-state index < -0.39 is 23.7 Å². The van der Waals surface area contributed by atoms with Crippen LogP contribution in [0.2, 0.25) is 0 Å². The maximum absolute atomic E-state index is 13.7. The minimum Gasteiger partial charge on any atom is -0.383 e. The Labute approximate surface area is 195 Å². The van der Waals surface area contributed by atoms with E-state index >= 15 is 0 Å². The number of halogens is 1. The lowest BCUT2D eigenvalue weighted by atomic mass is 10.0. The Kier molecular flexibility index (Phi) is 7.19. The molecule has 1 atom stereocenters. The first-order valence-corrected chi connectivity index (χ1v) is 10.6. The average molecular weight is 462 g/mol. The number of rotatable bonds is 9. The molecule has 2 heterocycles. The molecule has 174 valence electrons. The van der Waals surface area contributed by atoms with Crippen molar-refractivity contribution in [3.8, 4) is 0 Å². The van der Waals surface area contributed by atoms with Crippen molar-refractivity contribution in [3.05, 3.63) is 84.4 Å². The molecule has 0 fully saturated rings. The number of para-hydroxylation sites is 1. The molecule has 0 aliphatic rings. The summed E-state index contributed by atoms with van der Waals surface area (Å²) in [6.07, 6.45) is 3.07. The van der Waals surface area contributed by atoms with Crippen LogP contribution in [0.15, 0.2) is 73.1 Å². The number of aromatic nitrogens is 4. The number of hydrogen-bond donors (Lipinski definition) is 1. The SMILES string of the molecule is COCCNC(=O)[C@@H](c1ccc(F)cc1)N(C(=O)Cn1nnc2ccccc21)c1cccnc1. The molecule has 2 aromatic carbocycles. The Morgan fingerprint density at radius 2 is 1.91 bits per heavy atom. The zero-order valence-electron chi connectivity index (χ0n) is 18.5. The van der Waals surface area contributed by atoms with E-state index in [1.54, 1.807) is 24.4 Å². The first-order chi connectivity index (χ1) is 16.6. The van der Waals surface area contributed by atoms with Crippen LogP contribution in [0.4, 0.5) is 10.1 Å². The molecule has 0 spiro atoms. The maximum atomic E-state index is 13.7. The third-order valence-electron chi connectivity index (χ3n) is 5.20. The fourth-order valence-electron chi connectivity index (χ4n) is 3.61. The number of nitrogens with zero attached hydrogens (tertiary/aromatic N) is 5. The monoisotopic (exact) mass is 462 g/mol. The van der Waals surface area contributed by atoms with Gasteiger partial charge in [0.15, 0.2) is 0 Å². The number of fused-ring (bicyclic) bond motifs is 1. The van der Waals surface area contributed by atoms with Crippen LogP contribution in [-0.4, -0.2) is 52.1 Å². The molecule has 0 saturated carbocycles. The number of methoxy groups -OCH3 is 1. The summed E-state index contributed by atoms with van der Waals surface area (Å²) in [4.78, 5) is 32.5. The lowest BCUT2D eigenvalue weighted by Gasteiger charge is -2.31. The molecule has 0 aliphatic heterocycles. The molecule has 0 saturated heterocycles. The number of carbonyl (C=O) groups excluding carboxylic acids is 2. The van der Waals surface area contributed by atoms with Crippen LogP contribution in [0.3, 0.4) is 0 Å². The van der Waals surface area contributed by atoms with Crippen LogP contribution in [0.1, 0.15) is 11.6 Å². The van der Waals surface area contributed by atoms with Crippen molar-refractivity contribution in [2.75, 3.05) is 25.2 Å². The van der Waals surface area contributed by atoms with E-state index in [0.29, 0.717) is 28.9 Å². The lowest BCUT2D eigenvalue weighted by Crippen LogP contribution is -2.46. The molecule has 0 bridgehead atoms. The predicted octanol–water partition coefficient (Wildman–Crippen LogP) is 2.50. The van der Waals surface area contributed by atoms with Gasteiger partial charge < -0.3 is 10.1 Å². The number of nitrogens with one attached hydrogen (secondary N) is 1. The van der Waals surface area contributed by atoms with E-state index in [2.05, 4.69) is 20.6 Å². The van der Waals surface area contributed by atoms with Gasteiger partial charge in [-0.2, -0.15) is 0 Å². The minimum atomic E-state index is -1.08. The zero-order chi connectivity index (χ0) is 23.9. The summed E-state index contributed by atoms with van der Waals surface area (Å²) in [5.74, 6) is -1.31. The number of carbonyl (C=O) groups is 2. The van der Waals surface area contributed by atoms with Crippen LogP contribution in [0, 0.1) is 5.82 Å². The number of benzene rings is 2. The molecule has 34 heavy (non-hydrogen) atoms. The third-order valence-corrected chi connectivity index (χ3v) is 5.20. The molecule has 0 unspecified atom stereocenters. The minimum absolute atomic E-state index is 0.168. The van der Waals surface area contributed by atoms with E-state index in [1.807, 2.05) is 18.2 Å². The number of amides is 2. The summed E-state index contributed by atoms with van der Waals surface area (Å²) in [7, 11) is 1.53. The molecular weight excluding hydrogens is 439 g/mol.